The van der Waals surface area contributed by atoms with Crippen molar-refractivity contribution in [3.05, 3.63) is 65.0 Å². The summed E-state index contributed by atoms with van der Waals surface area (Å²) < 4.78 is 6.47. The molecule has 1 aromatic heterocycles. The van der Waals surface area contributed by atoms with Gasteiger partial charge in [-0.15, -0.1) is 0 Å². The molecule has 3 aliphatic carbocycles. The van der Waals surface area contributed by atoms with Crippen molar-refractivity contribution in [2.45, 2.75) is 107 Å². The van der Waals surface area contributed by atoms with Crippen LogP contribution in [0.1, 0.15) is 112 Å². The Hall–Kier alpha value is -2.24. The molecule has 1 aromatic carbocycles. The molecule has 3 heterocycles. The van der Waals surface area contributed by atoms with Crippen LogP contribution < -0.4 is 5.32 Å². The average molecular weight is 528 g/mol. The topological polar surface area (TPSA) is 54.5 Å². The minimum atomic E-state index is 0.0555. The molecule has 5 nitrogen and oxygen atoms in total. The third kappa shape index (κ3) is 4.74. The first-order chi connectivity index (χ1) is 19.1. The second-order valence-corrected chi connectivity index (χ2v) is 13.3. The summed E-state index contributed by atoms with van der Waals surface area (Å²) in [6.07, 6.45) is 15.8. The molecule has 1 amide bonds. The van der Waals surface area contributed by atoms with Crippen molar-refractivity contribution in [1.29, 1.82) is 0 Å². The van der Waals surface area contributed by atoms with Crippen molar-refractivity contribution in [3.63, 3.8) is 0 Å². The van der Waals surface area contributed by atoms with E-state index in [1.807, 2.05) is 12.3 Å². The van der Waals surface area contributed by atoms with Crippen molar-refractivity contribution >= 4 is 5.91 Å². The summed E-state index contributed by atoms with van der Waals surface area (Å²) in [5.41, 5.74) is 5.74. The maximum absolute atomic E-state index is 13.5. The number of benzene rings is 1. The molecule has 1 N–H and O–H groups in total. The Kier molecular flexibility index (Phi) is 6.79. The average Bonchev–Trinajstić information content (AvgIpc) is 3.74. The number of carbonyl (C=O) groups excluding carboxylic acids is 1. The molecular weight excluding hydrogens is 482 g/mol. The first-order valence-corrected chi connectivity index (χ1v) is 15.8. The molecule has 0 radical (unpaired) electrons. The van der Waals surface area contributed by atoms with Crippen molar-refractivity contribution in [2.24, 2.45) is 11.8 Å². The standard InChI is InChI=1S/C34H45N3O2/c1-24(25-10-11-25)32(38)37-21-14-26-7-6-8-27-28(12-13-29(37)31(26)27)35-20-17-33(30-9-2-5-19-36-30)18-22-39-34(23-33)15-3-4-16-34/h2,5-9,19,24-25,28-29,35H,3-4,10-18,20-23H2,1H3/t24?,28?,29?,33-/m1/s1. The summed E-state index contributed by atoms with van der Waals surface area (Å²) in [7, 11) is 0. The van der Waals surface area contributed by atoms with E-state index < -0.39 is 0 Å². The number of rotatable bonds is 7. The second-order valence-electron chi connectivity index (χ2n) is 13.3. The monoisotopic (exact) mass is 527 g/mol. The van der Waals surface area contributed by atoms with Gasteiger partial charge in [0.15, 0.2) is 0 Å². The van der Waals surface area contributed by atoms with Gasteiger partial charge in [0.2, 0.25) is 5.91 Å². The highest BCUT2D eigenvalue weighted by atomic mass is 16.5. The minimum absolute atomic E-state index is 0.0555. The van der Waals surface area contributed by atoms with Crippen molar-refractivity contribution < 1.29 is 9.53 Å². The molecule has 3 unspecified atom stereocenters. The van der Waals surface area contributed by atoms with Crippen molar-refractivity contribution in [2.75, 3.05) is 19.7 Å². The van der Waals surface area contributed by atoms with Crippen LogP contribution in [0, 0.1) is 11.8 Å². The van der Waals surface area contributed by atoms with Crippen molar-refractivity contribution in [1.82, 2.24) is 15.2 Å². The SMILES string of the molecule is CC(C(=O)N1CCc2cccc3c2C1CCC3NCC[C@@]1(c2ccccn2)CCOC2(CCCC2)C1)C1CC1. The van der Waals surface area contributed by atoms with Crippen LogP contribution in [0.4, 0.5) is 0 Å². The maximum Gasteiger partial charge on any atom is 0.226 e. The summed E-state index contributed by atoms with van der Waals surface area (Å²) in [5.74, 6) is 1.19. The molecule has 5 aliphatic rings. The third-order valence-corrected chi connectivity index (χ3v) is 11.0. The molecule has 4 atom stereocenters. The van der Waals surface area contributed by atoms with Gasteiger partial charge in [-0.25, -0.2) is 0 Å². The lowest BCUT2D eigenvalue weighted by molar-refractivity contribution is -0.139. The van der Waals surface area contributed by atoms with Gasteiger partial charge in [-0.3, -0.25) is 9.78 Å². The van der Waals surface area contributed by atoms with Gasteiger partial charge >= 0.3 is 0 Å². The van der Waals surface area contributed by atoms with Gasteiger partial charge in [-0.1, -0.05) is 44.0 Å². The largest absolute Gasteiger partial charge is 0.375 e. The molecule has 7 rings (SSSR count). The van der Waals surface area contributed by atoms with E-state index in [1.54, 1.807) is 0 Å². The summed E-state index contributed by atoms with van der Waals surface area (Å²) in [5, 5.41) is 4.02. The number of nitrogens with one attached hydrogen (secondary N) is 1. The molecule has 39 heavy (non-hydrogen) atoms. The first-order valence-electron chi connectivity index (χ1n) is 15.8. The number of aromatic nitrogens is 1. The lowest BCUT2D eigenvalue weighted by atomic mass is 9.68. The van der Waals surface area contributed by atoms with Crippen LogP contribution in [-0.4, -0.2) is 41.1 Å². The Morgan fingerprint density at radius 3 is 2.77 bits per heavy atom. The smallest absolute Gasteiger partial charge is 0.226 e. The van der Waals surface area contributed by atoms with E-state index in [0.717, 1.165) is 58.2 Å². The van der Waals surface area contributed by atoms with Crippen LogP contribution in [0.25, 0.3) is 0 Å². The zero-order valence-corrected chi connectivity index (χ0v) is 23.7. The van der Waals surface area contributed by atoms with E-state index in [4.69, 9.17) is 9.72 Å². The quantitative estimate of drug-likeness (QED) is 0.451. The molecule has 3 fully saturated rings. The Morgan fingerprint density at radius 2 is 1.97 bits per heavy atom. The van der Waals surface area contributed by atoms with E-state index in [1.165, 1.54) is 60.9 Å². The molecule has 1 spiro atoms. The van der Waals surface area contributed by atoms with Gasteiger partial charge in [0.25, 0.3) is 0 Å². The number of ether oxygens (including phenoxy) is 1. The summed E-state index contributed by atoms with van der Waals surface area (Å²) in [6, 6.07) is 13.9. The van der Waals surface area contributed by atoms with Gasteiger partial charge in [-0.2, -0.15) is 0 Å². The Bertz CT molecular complexity index is 1190. The number of pyridine rings is 1. The fourth-order valence-corrected chi connectivity index (χ4v) is 8.71. The summed E-state index contributed by atoms with van der Waals surface area (Å²) >= 11 is 0. The van der Waals surface area contributed by atoms with Gasteiger partial charge in [0.05, 0.1) is 11.6 Å². The summed E-state index contributed by atoms with van der Waals surface area (Å²) in [4.78, 5) is 20.7. The molecule has 5 heteroatoms. The number of hydrogen-bond acceptors (Lipinski definition) is 4. The predicted octanol–water partition coefficient (Wildman–Crippen LogP) is 6.43. The molecule has 2 aliphatic heterocycles. The molecular formula is C34H45N3O2. The lowest BCUT2D eigenvalue weighted by Crippen LogP contribution is -2.48. The van der Waals surface area contributed by atoms with E-state index in [9.17, 15) is 4.79 Å². The fraction of sp³-hybridized carbons (Fsp3) is 0.647. The number of hydrogen-bond donors (Lipinski definition) is 1. The predicted molar refractivity (Wildman–Crippen MR) is 153 cm³/mol. The fourth-order valence-electron chi connectivity index (χ4n) is 8.71. The van der Waals surface area contributed by atoms with Crippen LogP contribution in [-0.2, 0) is 21.4 Å². The molecule has 1 saturated heterocycles. The minimum Gasteiger partial charge on any atom is -0.375 e. The maximum atomic E-state index is 13.5. The van der Waals surface area contributed by atoms with E-state index in [-0.39, 0.29) is 23.0 Å². The normalized spacial score (nSPS) is 30.2. The van der Waals surface area contributed by atoms with Crippen LogP contribution in [0.3, 0.4) is 0 Å². The number of amides is 1. The van der Waals surface area contributed by atoms with Crippen LogP contribution in [0.5, 0.6) is 0 Å². The molecule has 0 bridgehead atoms. The van der Waals surface area contributed by atoms with Gasteiger partial charge in [0.1, 0.15) is 0 Å². The van der Waals surface area contributed by atoms with Crippen LogP contribution in [0.2, 0.25) is 0 Å². The van der Waals surface area contributed by atoms with E-state index in [0.29, 0.717) is 17.9 Å². The van der Waals surface area contributed by atoms with Crippen molar-refractivity contribution in [3.8, 4) is 0 Å². The van der Waals surface area contributed by atoms with Gasteiger partial charge in [0, 0.05) is 42.4 Å². The Balaban J connectivity index is 1.09. The summed E-state index contributed by atoms with van der Waals surface area (Å²) in [6.45, 7) is 4.87. The highest BCUT2D eigenvalue weighted by molar-refractivity contribution is 5.80. The van der Waals surface area contributed by atoms with Gasteiger partial charge in [-0.05, 0) is 105 Å². The molecule has 2 aromatic rings. The highest BCUT2D eigenvalue weighted by Crippen LogP contribution is 2.50. The molecule has 208 valence electrons. The van der Waals surface area contributed by atoms with Gasteiger partial charge < -0.3 is 15.0 Å². The van der Waals surface area contributed by atoms with E-state index >= 15 is 0 Å². The number of nitrogens with zero attached hydrogens (tertiary/aromatic N) is 2. The lowest BCUT2D eigenvalue weighted by Gasteiger charge is -2.47. The first kappa shape index (κ1) is 25.7. The van der Waals surface area contributed by atoms with E-state index in [2.05, 4.69) is 47.5 Å². The van der Waals surface area contributed by atoms with Crippen LogP contribution >= 0.6 is 0 Å². The van der Waals surface area contributed by atoms with Crippen LogP contribution in [0.15, 0.2) is 42.6 Å². The molecule has 2 saturated carbocycles. The zero-order valence-electron chi connectivity index (χ0n) is 23.7. The Morgan fingerprint density at radius 1 is 1.10 bits per heavy atom. The second kappa shape index (κ2) is 10.3. The third-order valence-electron chi connectivity index (χ3n) is 11.0. The highest BCUT2D eigenvalue weighted by Gasteiger charge is 2.48. The zero-order chi connectivity index (χ0) is 26.5. The number of carbonyl (C=O) groups is 1. The Labute approximate surface area is 234 Å².